The monoisotopic (exact) mass is 458 g/mol. The Morgan fingerprint density at radius 3 is 2.78 bits per heavy atom. The highest BCUT2D eigenvalue weighted by Gasteiger charge is 2.24. The number of aliphatic imine (C=N–C) groups is 1. The molecular formula is C16H35IN4OS. The summed E-state index contributed by atoms with van der Waals surface area (Å²) >= 11 is 2.10. The van der Waals surface area contributed by atoms with E-state index in [2.05, 4.69) is 52.8 Å². The molecule has 0 spiro atoms. The topological polar surface area (TPSA) is 40.1 Å². The van der Waals surface area contributed by atoms with E-state index in [4.69, 9.17) is 4.74 Å². The lowest BCUT2D eigenvalue weighted by Crippen LogP contribution is -2.49. The van der Waals surface area contributed by atoms with Crippen LogP contribution in [0, 0.1) is 5.92 Å². The molecule has 0 amide bonds. The van der Waals surface area contributed by atoms with Crippen molar-refractivity contribution in [3.05, 3.63) is 0 Å². The van der Waals surface area contributed by atoms with Crippen molar-refractivity contribution in [3.63, 3.8) is 0 Å². The molecule has 0 bridgehead atoms. The molecule has 5 nitrogen and oxygen atoms in total. The fourth-order valence-corrected chi connectivity index (χ4v) is 3.81. The summed E-state index contributed by atoms with van der Waals surface area (Å²) in [5, 5.41) is 4.23. The fraction of sp³-hybridized carbons (Fsp3) is 0.938. The van der Waals surface area contributed by atoms with Gasteiger partial charge in [0, 0.05) is 51.3 Å². The van der Waals surface area contributed by atoms with Gasteiger partial charge >= 0.3 is 0 Å². The highest BCUT2D eigenvalue weighted by molar-refractivity contribution is 14.0. The number of hydrogen-bond acceptors (Lipinski definition) is 4. The molecular weight excluding hydrogens is 423 g/mol. The van der Waals surface area contributed by atoms with Crippen LogP contribution in [0.15, 0.2) is 4.99 Å². The van der Waals surface area contributed by atoms with E-state index in [9.17, 15) is 0 Å². The summed E-state index contributed by atoms with van der Waals surface area (Å²) in [4.78, 5) is 9.18. The van der Waals surface area contributed by atoms with Crippen molar-refractivity contribution in [2.24, 2.45) is 10.9 Å². The van der Waals surface area contributed by atoms with Crippen LogP contribution < -0.4 is 5.32 Å². The fourth-order valence-electron chi connectivity index (χ4n) is 2.51. The Balaban J connectivity index is 0.00000484. The molecule has 1 heterocycles. The summed E-state index contributed by atoms with van der Waals surface area (Å²) in [6.07, 6.45) is 1.12. The van der Waals surface area contributed by atoms with E-state index in [-0.39, 0.29) is 24.0 Å². The van der Waals surface area contributed by atoms with Crippen LogP contribution in [0.5, 0.6) is 0 Å². The lowest BCUT2D eigenvalue weighted by atomic mass is 10.1. The first-order valence-corrected chi connectivity index (χ1v) is 9.38. The maximum Gasteiger partial charge on any atom is 0.193 e. The number of halogens is 1. The number of hydrogen-bond donors (Lipinski definition) is 1. The van der Waals surface area contributed by atoms with E-state index in [1.807, 2.05) is 7.05 Å². The zero-order valence-electron chi connectivity index (χ0n) is 15.4. The predicted octanol–water partition coefficient (Wildman–Crippen LogP) is 2.22. The second-order valence-electron chi connectivity index (χ2n) is 6.22. The summed E-state index contributed by atoms with van der Waals surface area (Å²) in [5.74, 6) is 2.98. The van der Waals surface area contributed by atoms with Crippen molar-refractivity contribution in [1.82, 2.24) is 15.1 Å². The lowest BCUT2D eigenvalue weighted by molar-refractivity contribution is 0.161. The Morgan fingerprint density at radius 2 is 2.17 bits per heavy atom. The lowest BCUT2D eigenvalue weighted by Gasteiger charge is -2.36. The molecule has 1 aliphatic heterocycles. The number of nitrogens with one attached hydrogen (secondary N) is 1. The second kappa shape index (κ2) is 13.5. The highest BCUT2D eigenvalue weighted by Crippen LogP contribution is 2.24. The second-order valence-corrected chi connectivity index (χ2v) is 7.57. The van der Waals surface area contributed by atoms with E-state index in [0.29, 0.717) is 5.25 Å². The molecule has 1 rings (SSSR count). The van der Waals surface area contributed by atoms with Crippen molar-refractivity contribution >= 4 is 41.7 Å². The molecule has 1 atom stereocenters. The molecule has 1 aliphatic rings. The third-order valence-corrected chi connectivity index (χ3v) is 5.57. The van der Waals surface area contributed by atoms with Gasteiger partial charge in [0.05, 0.1) is 6.61 Å². The Kier molecular flexibility index (Phi) is 13.7. The van der Waals surface area contributed by atoms with Crippen molar-refractivity contribution in [2.45, 2.75) is 25.5 Å². The van der Waals surface area contributed by atoms with Crippen LogP contribution in [0.1, 0.15) is 20.3 Å². The van der Waals surface area contributed by atoms with E-state index < -0.39 is 0 Å². The van der Waals surface area contributed by atoms with E-state index in [1.54, 1.807) is 7.11 Å². The summed E-state index contributed by atoms with van der Waals surface area (Å²) < 4.78 is 5.10. The van der Waals surface area contributed by atoms with Crippen molar-refractivity contribution in [1.29, 1.82) is 0 Å². The van der Waals surface area contributed by atoms with Gasteiger partial charge in [-0.1, -0.05) is 13.8 Å². The summed E-state index contributed by atoms with van der Waals surface area (Å²) in [6.45, 7) is 10.7. The molecule has 0 aromatic rings. The molecule has 1 fully saturated rings. The largest absolute Gasteiger partial charge is 0.383 e. The Labute approximate surface area is 164 Å². The van der Waals surface area contributed by atoms with Gasteiger partial charge in [-0.3, -0.25) is 4.99 Å². The predicted molar refractivity (Wildman–Crippen MR) is 113 cm³/mol. The number of nitrogens with zero attached hydrogens (tertiary/aromatic N) is 3. The van der Waals surface area contributed by atoms with E-state index in [1.165, 1.54) is 5.75 Å². The van der Waals surface area contributed by atoms with Gasteiger partial charge < -0.3 is 19.9 Å². The van der Waals surface area contributed by atoms with Crippen molar-refractivity contribution in [2.75, 3.05) is 66.3 Å². The molecule has 1 saturated heterocycles. The Bertz CT molecular complexity index is 331. The van der Waals surface area contributed by atoms with Crippen LogP contribution in [0.4, 0.5) is 0 Å². The van der Waals surface area contributed by atoms with Gasteiger partial charge in [-0.05, 0) is 25.9 Å². The third kappa shape index (κ3) is 9.36. The molecule has 0 aromatic carbocycles. The normalized spacial score (nSPS) is 19.2. The first-order chi connectivity index (χ1) is 10.6. The zero-order valence-corrected chi connectivity index (χ0v) is 18.5. The smallest absolute Gasteiger partial charge is 0.193 e. The molecule has 0 radical (unpaired) electrons. The molecule has 0 saturated carbocycles. The molecule has 23 heavy (non-hydrogen) atoms. The molecule has 138 valence electrons. The average molecular weight is 458 g/mol. The van der Waals surface area contributed by atoms with Gasteiger partial charge in [-0.25, -0.2) is 0 Å². The maximum atomic E-state index is 5.10. The average Bonchev–Trinajstić information content (AvgIpc) is 2.53. The van der Waals surface area contributed by atoms with Crippen LogP contribution in [-0.2, 0) is 4.74 Å². The molecule has 0 aromatic heterocycles. The maximum absolute atomic E-state index is 5.10. The van der Waals surface area contributed by atoms with Crippen LogP contribution in [0.3, 0.4) is 0 Å². The van der Waals surface area contributed by atoms with Crippen LogP contribution >= 0.6 is 35.7 Å². The molecule has 7 heteroatoms. The SMILES string of the molecule is CN=C(NCCCN(C)CCOC)N1CCSC(C(C)C)C1.I. The van der Waals surface area contributed by atoms with Gasteiger partial charge in [-0.2, -0.15) is 11.8 Å². The minimum absolute atomic E-state index is 0. The van der Waals surface area contributed by atoms with E-state index in [0.717, 1.165) is 57.6 Å². The van der Waals surface area contributed by atoms with Gasteiger partial charge in [0.25, 0.3) is 0 Å². The quantitative estimate of drug-likeness (QED) is 0.262. The molecule has 1 N–H and O–H groups in total. The minimum atomic E-state index is 0. The summed E-state index contributed by atoms with van der Waals surface area (Å²) in [7, 11) is 5.78. The van der Waals surface area contributed by atoms with Crippen LogP contribution in [0.2, 0.25) is 0 Å². The minimum Gasteiger partial charge on any atom is -0.383 e. The molecule has 1 unspecified atom stereocenters. The zero-order chi connectivity index (χ0) is 16.4. The van der Waals surface area contributed by atoms with Crippen molar-refractivity contribution in [3.8, 4) is 0 Å². The van der Waals surface area contributed by atoms with Gasteiger partial charge in [0.15, 0.2) is 5.96 Å². The summed E-state index contributed by atoms with van der Waals surface area (Å²) in [5.41, 5.74) is 0. The van der Waals surface area contributed by atoms with Gasteiger partial charge in [-0.15, -0.1) is 24.0 Å². The standard InChI is InChI=1S/C16H34N4OS.HI/c1-14(2)15-13-20(10-12-22-15)16(17-3)18-7-6-8-19(4)9-11-21-5;/h14-15H,6-13H2,1-5H3,(H,17,18);1H. The number of rotatable bonds is 8. The summed E-state index contributed by atoms with van der Waals surface area (Å²) in [6, 6.07) is 0. The number of methoxy groups -OCH3 is 1. The van der Waals surface area contributed by atoms with Gasteiger partial charge in [0.1, 0.15) is 0 Å². The van der Waals surface area contributed by atoms with Gasteiger partial charge in [0.2, 0.25) is 0 Å². The first-order valence-electron chi connectivity index (χ1n) is 8.33. The first kappa shape index (κ1) is 23.3. The van der Waals surface area contributed by atoms with E-state index >= 15 is 0 Å². The highest BCUT2D eigenvalue weighted by atomic mass is 127. The Morgan fingerprint density at radius 1 is 1.43 bits per heavy atom. The number of thioether (sulfide) groups is 1. The number of guanidine groups is 1. The van der Waals surface area contributed by atoms with Crippen molar-refractivity contribution < 1.29 is 4.74 Å². The van der Waals surface area contributed by atoms with Crippen LogP contribution in [0.25, 0.3) is 0 Å². The molecule has 0 aliphatic carbocycles. The third-order valence-electron chi connectivity index (χ3n) is 4.03. The number of ether oxygens (including phenoxy) is 1. The Hall–Kier alpha value is 0.270. The van der Waals surface area contributed by atoms with Crippen LogP contribution in [-0.4, -0.2) is 87.3 Å². The number of likely N-dealkylation sites (N-methyl/N-ethyl adjacent to an activating group) is 1.